The zero-order valence-electron chi connectivity index (χ0n) is 25.0. The third-order valence-electron chi connectivity index (χ3n) is 10.4. The van der Waals surface area contributed by atoms with Crippen molar-refractivity contribution in [2.75, 3.05) is 0 Å². The quantitative estimate of drug-likeness (QED) is 0.215. The molecule has 0 amide bonds. The number of hydrogen-bond donors (Lipinski definition) is 0. The van der Waals surface area contributed by atoms with Crippen LogP contribution in [-0.4, -0.2) is 27.5 Å². The van der Waals surface area contributed by atoms with Crippen molar-refractivity contribution in [1.82, 2.24) is 4.57 Å². The summed E-state index contributed by atoms with van der Waals surface area (Å²) in [6.07, 6.45) is 28.5. The SMILES string of the molecule is CC1=NC(n2c3c(c4cc(C5=CC6Sc7ccc8ccccc8c7C6C=C5)ccc42)C2C=CC=CC2C=C3)=NC2CC=CC=C12. The Kier molecular flexibility index (Phi) is 5.50. The highest BCUT2D eigenvalue weighted by atomic mass is 32.2. The van der Waals surface area contributed by atoms with E-state index in [1.807, 2.05) is 11.8 Å². The maximum absolute atomic E-state index is 5.23. The molecule has 6 aliphatic rings. The summed E-state index contributed by atoms with van der Waals surface area (Å²) < 4.78 is 2.32. The van der Waals surface area contributed by atoms with Gasteiger partial charge in [-0.3, -0.25) is 4.57 Å². The van der Waals surface area contributed by atoms with E-state index in [1.165, 1.54) is 60.1 Å². The van der Waals surface area contributed by atoms with Crippen LogP contribution in [0.15, 0.2) is 142 Å². The Morgan fingerprint density at radius 3 is 2.76 bits per heavy atom. The fourth-order valence-corrected chi connectivity index (χ4v) is 9.62. The van der Waals surface area contributed by atoms with Gasteiger partial charge in [0.1, 0.15) is 0 Å². The van der Waals surface area contributed by atoms with E-state index < -0.39 is 0 Å². The molecule has 0 saturated carbocycles. The Balaban J connectivity index is 1.10. The molecular weight excluding hydrogens is 567 g/mol. The zero-order valence-corrected chi connectivity index (χ0v) is 25.8. The Labute approximate surface area is 267 Å². The van der Waals surface area contributed by atoms with Crippen molar-refractivity contribution >= 4 is 56.8 Å². The van der Waals surface area contributed by atoms with Crippen molar-refractivity contribution in [2.24, 2.45) is 15.9 Å². The Bertz CT molecular complexity index is 2260. The molecular formula is C41H31N3S. The number of hydrogen-bond acceptors (Lipinski definition) is 3. The van der Waals surface area contributed by atoms with Gasteiger partial charge >= 0.3 is 0 Å². The van der Waals surface area contributed by atoms with E-state index in [0.717, 1.165) is 18.1 Å². The third kappa shape index (κ3) is 3.79. The van der Waals surface area contributed by atoms with Crippen molar-refractivity contribution in [2.45, 2.75) is 41.4 Å². The summed E-state index contributed by atoms with van der Waals surface area (Å²) in [4.78, 5) is 11.7. The molecule has 4 aromatic rings. The Morgan fingerprint density at radius 2 is 1.78 bits per heavy atom. The highest BCUT2D eigenvalue weighted by Crippen LogP contribution is 2.52. The number of rotatable bonds is 1. The topological polar surface area (TPSA) is 29.6 Å². The van der Waals surface area contributed by atoms with Gasteiger partial charge in [-0.05, 0) is 76.2 Å². The molecule has 4 aliphatic carbocycles. The van der Waals surface area contributed by atoms with Crippen LogP contribution in [0.4, 0.5) is 0 Å². The molecule has 3 aromatic carbocycles. The van der Waals surface area contributed by atoms with E-state index in [9.17, 15) is 0 Å². The molecule has 216 valence electrons. The van der Waals surface area contributed by atoms with E-state index >= 15 is 0 Å². The number of benzene rings is 3. The molecule has 3 heterocycles. The fraction of sp³-hybridized carbons (Fsp3) is 0.171. The molecule has 45 heavy (non-hydrogen) atoms. The second-order valence-electron chi connectivity index (χ2n) is 12.8. The molecule has 0 fully saturated rings. The predicted octanol–water partition coefficient (Wildman–Crippen LogP) is 9.79. The number of aromatic nitrogens is 1. The summed E-state index contributed by atoms with van der Waals surface area (Å²) in [6.45, 7) is 2.13. The van der Waals surface area contributed by atoms with Crippen molar-refractivity contribution < 1.29 is 0 Å². The van der Waals surface area contributed by atoms with Crippen LogP contribution in [0.25, 0.3) is 33.3 Å². The first-order chi connectivity index (χ1) is 22.2. The standard InChI is InChI=1S/C41H31N3S/c1-24-29-10-6-7-13-34(29)43-41(42-24)44-35-19-16-27(22-33(35)39-30-11-4-2-8-25(30)15-20-36(39)44)28-14-18-32-38(23-28)45-37-21-17-26-9-3-5-12-31(26)40(32)37/h2-12,14-23,25,30,32,34,38H,13H2,1H3. The summed E-state index contributed by atoms with van der Waals surface area (Å²) in [5.74, 6) is 1.86. The van der Waals surface area contributed by atoms with E-state index in [2.05, 4.69) is 139 Å². The van der Waals surface area contributed by atoms with Crippen molar-refractivity contribution in [3.8, 4) is 0 Å². The zero-order chi connectivity index (χ0) is 29.6. The monoisotopic (exact) mass is 597 g/mol. The van der Waals surface area contributed by atoms with Gasteiger partial charge in [0.15, 0.2) is 0 Å². The van der Waals surface area contributed by atoms with Gasteiger partial charge in [0, 0.05) is 39.0 Å². The second kappa shape index (κ2) is 9.66. The Morgan fingerprint density at radius 1 is 0.844 bits per heavy atom. The number of aliphatic imine (C=N–C) groups is 2. The molecule has 1 aromatic heterocycles. The van der Waals surface area contributed by atoms with Gasteiger partial charge in [-0.25, -0.2) is 9.98 Å². The molecule has 3 nitrogen and oxygen atoms in total. The molecule has 0 bridgehead atoms. The van der Waals surface area contributed by atoms with Crippen LogP contribution >= 0.6 is 11.8 Å². The molecule has 0 radical (unpaired) electrons. The molecule has 5 unspecified atom stereocenters. The van der Waals surface area contributed by atoms with Crippen LogP contribution in [0.3, 0.4) is 0 Å². The molecule has 2 aliphatic heterocycles. The van der Waals surface area contributed by atoms with E-state index in [-0.39, 0.29) is 6.04 Å². The molecule has 0 spiro atoms. The number of thioether (sulfide) groups is 1. The van der Waals surface area contributed by atoms with Gasteiger partial charge in [-0.15, -0.1) is 11.8 Å². The van der Waals surface area contributed by atoms with Crippen LogP contribution in [-0.2, 0) is 0 Å². The van der Waals surface area contributed by atoms with Gasteiger partial charge in [0.25, 0.3) is 0 Å². The summed E-state index contributed by atoms with van der Waals surface area (Å²) in [5, 5.41) is 4.42. The molecule has 5 atom stereocenters. The van der Waals surface area contributed by atoms with Crippen LogP contribution in [0, 0.1) is 5.92 Å². The third-order valence-corrected chi connectivity index (χ3v) is 11.7. The molecule has 0 saturated heterocycles. The summed E-state index contributed by atoms with van der Waals surface area (Å²) in [5.41, 5.74) is 10.1. The average molecular weight is 598 g/mol. The second-order valence-corrected chi connectivity index (χ2v) is 14.0. The van der Waals surface area contributed by atoms with Crippen LogP contribution < -0.4 is 0 Å². The molecule has 0 N–H and O–H groups in total. The lowest BCUT2D eigenvalue weighted by Gasteiger charge is -2.27. The predicted molar refractivity (Wildman–Crippen MR) is 191 cm³/mol. The fourth-order valence-electron chi connectivity index (χ4n) is 8.22. The maximum Gasteiger partial charge on any atom is 0.230 e. The average Bonchev–Trinajstić information content (AvgIpc) is 3.63. The van der Waals surface area contributed by atoms with Crippen molar-refractivity contribution in [1.29, 1.82) is 0 Å². The minimum absolute atomic E-state index is 0.128. The highest BCUT2D eigenvalue weighted by Gasteiger charge is 2.35. The minimum atomic E-state index is 0.128. The van der Waals surface area contributed by atoms with Gasteiger partial charge in [-0.1, -0.05) is 103 Å². The lowest BCUT2D eigenvalue weighted by molar-refractivity contribution is 0.693. The van der Waals surface area contributed by atoms with E-state index in [4.69, 9.17) is 9.98 Å². The van der Waals surface area contributed by atoms with Crippen LogP contribution in [0.5, 0.6) is 0 Å². The Hall–Kier alpha value is -4.67. The summed E-state index contributed by atoms with van der Waals surface area (Å²) in [6, 6.07) is 20.6. The van der Waals surface area contributed by atoms with Crippen molar-refractivity contribution in [3.05, 3.63) is 149 Å². The van der Waals surface area contributed by atoms with Gasteiger partial charge in [-0.2, -0.15) is 0 Å². The molecule has 4 heteroatoms. The maximum atomic E-state index is 5.23. The first-order valence-corrected chi connectivity index (χ1v) is 16.9. The van der Waals surface area contributed by atoms with Gasteiger partial charge in [0.2, 0.25) is 5.96 Å². The van der Waals surface area contributed by atoms with Crippen LogP contribution in [0.2, 0.25) is 0 Å². The number of allylic oxidation sites excluding steroid dienone is 10. The van der Waals surface area contributed by atoms with Gasteiger partial charge < -0.3 is 0 Å². The normalized spacial score (nSPS) is 26.9. The van der Waals surface area contributed by atoms with Gasteiger partial charge in [0.05, 0.1) is 17.3 Å². The number of fused-ring (bicyclic) bond motifs is 11. The largest absolute Gasteiger partial charge is 0.279 e. The first-order valence-electron chi connectivity index (χ1n) is 16.0. The lowest BCUT2D eigenvalue weighted by Crippen LogP contribution is -2.27. The van der Waals surface area contributed by atoms with Crippen molar-refractivity contribution in [3.63, 3.8) is 0 Å². The van der Waals surface area contributed by atoms with Crippen LogP contribution in [0.1, 0.15) is 47.6 Å². The summed E-state index contributed by atoms with van der Waals surface area (Å²) >= 11 is 2.01. The van der Waals surface area contributed by atoms with E-state index in [0.29, 0.717) is 23.0 Å². The highest BCUT2D eigenvalue weighted by molar-refractivity contribution is 8.00. The minimum Gasteiger partial charge on any atom is -0.279 e. The first kappa shape index (κ1) is 25.6. The smallest absolute Gasteiger partial charge is 0.230 e. The van der Waals surface area contributed by atoms with E-state index in [1.54, 1.807) is 0 Å². The number of nitrogens with zero attached hydrogens (tertiary/aromatic N) is 3. The lowest BCUT2D eigenvalue weighted by atomic mass is 9.78. The molecule has 10 rings (SSSR count). The summed E-state index contributed by atoms with van der Waals surface area (Å²) in [7, 11) is 0.